The Morgan fingerprint density at radius 2 is 2.05 bits per heavy atom. The lowest BCUT2D eigenvalue weighted by molar-refractivity contribution is 0.451. The average molecular weight is 284 g/mol. The van der Waals surface area contributed by atoms with Crippen LogP contribution < -0.4 is 5.73 Å². The van der Waals surface area contributed by atoms with Crippen LogP contribution in [0.15, 0.2) is 36.7 Å². The van der Waals surface area contributed by atoms with Gasteiger partial charge in [0.1, 0.15) is 12.2 Å². The summed E-state index contributed by atoms with van der Waals surface area (Å²) in [6, 6.07) is 10.9. The highest BCUT2D eigenvalue weighted by Crippen LogP contribution is 2.49. The van der Waals surface area contributed by atoms with E-state index in [1.807, 2.05) is 4.68 Å². The third kappa shape index (κ3) is 3.32. The minimum Gasteiger partial charge on any atom is -0.327 e. The number of nitrogens with two attached hydrogens (primary N) is 1. The van der Waals surface area contributed by atoms with Crippen LogP contribution in [-0.4, -0.2) is 20.8 Å². The van der Waals surface area contributed by atoms with E-state index < -0.39 is 0 Å². The van der Waals surface area contributed by atoms with E-state index in [4.69, 9.17) is 5.73 Å². The highest BCUT2D eigenvalue weighted by molar-refractivity contribution is 5.26. The number of hydrogen-bond donors (Lipinski definition) is 1. The largest absolute Gasteiger partial charge is 0.327 e. The van der Waals surface area contributed by atoms with E-state index in [0.29, 0.717) is 17.8 Å². The first-order chi connectivity index (χ1) is 10.1. The summed E-state index contributed by atoms with van der Waals surface area (Å²) in [4.78, 5) is 4.39. The Kier molecular flexibility index (Phi) is 4.06. The Morgan fingerprint density at radius 1 is 1.29 bits per heavy atom. The molecule has 1 aromatic carbocycles. The van der Waals surface area contributed by atoms with Crippen molar-refractivity contribution in [2.45, 2.75) is 45.2 Å². The number of benzene rings is 1. The molecule has 0 radical (unpaired) electrons. The van der Waals surface area contributed by atoms with Crippen LogP contribution in [-0.2, 0) is 13.0 Å². The van der Waals surface area contributed by atoms with Crippen LogP contribution in [0.5, 0.6) is 0 Å². The van der Waals surface area contributed by atoms with E-state index in [1.165, 1.54) is 12.0 Å². The number of aromatic nitrogens is 3. The van der Waals surface area contributed by atoms with Crippen LogP contribution >= 0.6 is 0 Å². The summed E-state index contributed by atoms with van der Waals surface area (Å²) >= 11 is 0. The molecule has 1 aliphatic rings. The van der Waals surface area contributed by atoms with Gasteiger partial charge in [0.05, 0.1) is 0 Å². The van der Waals surface area contributed by atoms with Crippen LogP contribution in [0.2, 0.25) is 0 Å². The Morgan fingerprint density at radius 3 is 2.76 bits per heavy atom. The van der Waals surface area contributed by atoms with Crippen molar-refractivity contribution in [3.63, 3.8) is 0 Å². The molecule has 1 aromatic heterocycles. The fourth-order valence-electron chi connectivity index (χ4n) is 3.08. The molecule has 0 bridgehead atoms. The van der Waals surface area contributed by atoms with Gasteiger partial charge >= 0.3 is 0 Å². The third-order valence-corrected chi connectivity index (χ3v) is 4.27. The topological polar surface area (TPSA) is 56.7 Å². The van der Waals surface area contributed by atoms with E-state index in [0.717, 1.165) is 18.8 Å². The maximum Gasteiger partial charge on any atom is 0.138 e. The predicted octanol–water partition coefficient (Wildman–Crippen LogP) is 2.61. The van der Waals surface area contributed by atoms with Crippen molar-refractivity contribution >= 4 is 0 Å². The zero-order chi connectivity index (χ0) is 14.8. The van der Waals surface area contributed by atoms with Gasteiger partial charge in [0.15, 0.2) is 0 Å². The van der Waals surface area contributed by atoms with Gasteiger partial charge in [-0.15, -0.1) is 0 Å². The van der Waals surface area contributed by atoms with E-state index in [1.54, 1.807) is 6.33 Å². The second kappa shape index (κ2) is 5.98. The summed E-state index contributed by atoms with van der Waals surface area (Å²) in [6.07, 6.45) is 3.66. The van der Waals surface area contributed by atoms with Gasteiger partial charge in [0.2, 0.25) is 0 Å². The maximum atomic E-state index is 6.42. The standard InChI is InChI=1S/C17H24N4/c1-12(2)10-21-17(19-11-20-21)9-16(18)15-8-14(15)13-6-4-3-5-7-13/h3-7,11-12,14-16H,8-10,18H2,1-2H3. The molecule has 1 fully saturated rings. The normalized spacial score (nSPS) is 22.5. The highest BCUT2D eigenvalue weighted by Gasteiger charge is 2.42. The van der Waals surface area contributed by atoms with Crippen molar-refractivity contribution in [1.82, 2.24) is 14.8 Å². The molecule has 0 amide bonds. The summed E-state index contributed by atoms with van der Waals surface area (Å²) in [5.74, 6) is 2.80. The maximum absolute atomic E-state index is 6.42. The fraction of sp³-hybridized carbons (Fsp3) is 0.529. The molecule has 2 aromatic rings. The first-order valence-electron chi connectivity index (χ1n) is 7.82. The molecule has 2 N–H and O–H groups in total. The molecule has 4 nitrogen and oxygen atoms in total. The van der Waals surface area contributed by atoms with Gasteiger partial charge in [0, 0.05) is 19.0 Å². The second-order valence-corrected chi connectivity index (χ2v) is 6.54. The smallest absolute Gasteiger partial charge is 0.138 e. The lowest BCUT2D eigenvalue weighted by Gasteiger charge is -2.13. The number of hydrogen-bond acceptors (Lipinski definition) is 3. The predicted molar refractivity (Wildman–Crippen MR) is 83.8 cm³/mol. The van der Waals surface area contributed by atoms with E-state index in [-0.39, 0.29) is 6.04 Å². The molecule has 21 heavy (non-hydrogen) atoms. The molecule has 3 atom stereocenters. The zero-order valence-electron chi connectivity index (χ0n) is 12.8. The molecular formula is C17H24N4. The molecule has 1 heterocycles. The van der Waals surface area contributed by atoms with Crippen LogP contribution in [0.25, 0.3) is 0 Å². The van der Waals surface area contributed by atoms with E-state index >= 15 is 0 Å². The minimum absolute atomic E-state index is 0.172. The molecule has 1 saturated carbocycles. The van der Waals surface area contributed by atoms with E-state index in [9.17, 15) is 0 Å². The van der Waals surface area contributed by atoms with Gasteiger partial charge in [-0.1, -0.05) is 44.2 Å². The van der Waals surface area contributed by atoms with Crippen LogP contribution in [0.3, 0.4) is 0 Å². The molecule has 3 rings (SSSR count). The summed E-state index contributed by atoms with van der Waals surface area (Å²) in [5, 5.41) is 4.32. The van der Waals surface area contributed by atoms with Crippen LogP contribution in [0.1, 0.15) is 37.6 Å². The Balaban J connectivity index is 1.61. The average Bonchev–Trinajstić information content (AvgIpc) is 3.17. The van der Waals surface area contributed by atoms with Gasteiger partial charge in [-0.05, 0) is 29.7 Å². The van der Waals surface area contributed by atoms with Crippen molar-refractivity contribution in [3.8, 4) is 0 Å². The van der Waals surface area contributed by atoms with Gasteiger partial charge in [-0.25, -0.2) is 9.67 Å². The molecule has 0 spiro atoms. The summed E-state index contributed by atoms with van der Waals surface area (Å²) in [5.41, 5.74) is 7.83. The monoisotopic (exact) mass is 284 g/mol. The van der Waals surface area contributed by atoms with Crippen molar-refractivity contribution < 1.29 is 0 Å². The first kappa shape index (κ1) is 14.3. The molecule has 0 aliphatic heterocycles. The van der Waals surface area contributed by atoms with Gasteiger partial charge in [0.25, 0.3) is 0 Å². The van der Waals surface area contributed by atoms with Crippen LogP contribution in [0.4, 0.5) is 0 Å². The SMILES string of the molecule is CC(C)Cn1ncnc1CC(N)C1CC1c1ccccc1. The van der Waals surface area contributed by atoms with Crippen LogP contribution in [0, 0.1) is 11.8 Å². The van der Waals surface area contributed by atoms with Crippen molar-refractivity contribution in [3.05, 3.63) is 48.0 Å². The fourth-order valence-corrected chi connectivity index (χ4v) is 3.08. The zero-order valence-corrected chi connectivity index (χ0v) is 12.8. The van der Waals surface area contributed by atoms with Crippen molar-refractivity contribution in [1.29, 1.82) is 0 Å². The number of rotatable bonds is 6. The third-order valence-electron chi connectivity index (χ3n) is 4.27. The second-order valence-electron chi connectivity index (χ2n) is 6.54. The Hall–Kier alpha value is -1.68. The molecule has 3 unspecified atom stereocenters. The van der Waals surface area contributed by atoms with Crippen molar-refractivity contribution in [2.24, 2.45) is 17.6 Å². The molecule has 1 aliphatic carbocycles. The van der Waals surface area contributed by atoms with Gasteiger partial charge in [-0.2, -0.15) is 5.10 Å². The van der Waals surface area contributed by atoms with Gasteiger partial charge < -0.3 is 5.73 Å². The summed E-state index contributed by atoms with van der Waals surface area (Å²) in [6.45, 7) is 5.30. The first-order valence-corrected chi connectivity index (χ1v) is 7.82. The lowest BCUT2D eigenvalue weighted by atomic mass is 10.0. The lowest BCUT2D eigenvalue weighted by Crippen LogP contribution is -2.28. The van der Waals surface area contributed by atoms with E-state index in [2.05, 4.69) is 54.3 Å². The summed E-state index contributed by atoms with van der Waals surface area (Å²) < 4.78 is 2.00. The van der Waals surface area contributed by atoms with Crippen molar-refractivity contribution in [2.75, 3.05) is 0 Å². The Bertz CT molecular complexity index is 575. The highest BCUT2D eigenvalue weighted by atomic mass is 15.3. The van der Waals surface area contributed by atoms with Gasteiger partial charge in [-0.3, -0.25) is 0 Å². The molecule has 4 heteroatoms. The summed E-state index contributed by atoms with van der Waals surface area (Å²) in [7, 11) is 0. The minimum atomic E-state index is 0.172. The quantitative estimate of drug-likeness (QED) is 0.887. The molecule has 112 valence electrons. The molecule has 0 saturated heterocycles. The Labute approximate surface area is 126 Å². The molecular weight excluding hydrogens is 260 g/mol. The number of nitrogens with zero attached hydrogens (tertiary/aromatic N) is 3.